The smallest absolute Gasteiger partial charge is 0.372 e. The molecule has 0 spiro atoms. The number of hydrogen-bond donors (Lipinski definition) is 1. The van der Waals surface area contributed by atoms with Gasteiger partial charge in [-0.3, -0.25) is 0 Å². The van der Waals surface area contributed by atoms with Gasteiger partial charge in [-0.25, -0.2) is 0 Å². The lowest BCUT2D eigenvalue weighted by molar-refractivity contribution is -0.138. The van der Waals surface area contributed by atoms with E-state index >= 15 is 0 Å². The molecule has 0 bridgehead atoms. The second-order valence-electron chi connectivity index (χ2n) is 5.23. The highest BCUT2D eigenvalue weighted by atomic mass is 19.4. The van der Waals surface area contributed by atoms with Crippen LogP contribution >= 0.6 is 0 Å². The average Bonchev–Trinajstić information content (AvgIpc) is 3.19. The largest absolute Gasteiger partial charge is 0.416 e. The zero-order valence-corrected chi connectivity index (χ0v) is 11.2. The molecule has 1 atom stereocenters. The third-order valence-corrected chi connectivity index (χ3v) is 3.94. The number of rotatable bonds is 4. The molecule has 2 N–H and O–H groups in total. The fourth-order valence-corrected chi connectivity index (χ4v) is 2.37. The molecule has 1 aliphatic rings. The van der Waals surface area contributed by atoms with Crippen LogP contribution in [0.15, 0.2) is 18.2 Å². The molecule has 1 fully saturated rings. The van der Waals surface area contributed by atoms with E-state index in [4.69, 9.17) is 5.73 Å². The number of alkyl halides is 3. The van der Waals surface area contributed by atoms with Gasteiger partial charge in [0.15, 0.2) is 0 Å². The summed E-state index contributed by atoms with van der Waals surface area (Å²) in [6, 6.07) is 4.57. The van der Waals surface area contributed by atoms with Crippen molar-refractivity contribution in [1.29, 1.82) is 0 Å². The Labute approximate surface area is 111 Å². The zero-order valence-electron chi connectivity index (χ0n) is 11.2. The van der Waals surface area contributed by atoms with Crippen LogP contribution in [0.25, 0.3) is 0 Å². The molecule has 1 aromatic carbocycles. The van der Waals surface area contributed by atoms with Crippen molar-refractivity contribution in [2.24, 2.45) is 11.7 Å². The van der Waals surface area contributed by atoms with Crippen molar-refractivity contribution in [3.05, 3.63) is 29.3 Å². The van der Waals surface area contributed by atoms with Gasteiger partial charge >= 0.3 is 6.18 Å². The highest BCUT2D eigenvalue weighted by Crippen LogP contribution is 2.38. The summed E-state index contributed by atoms with van der Waals surface area (Å²) < 4.78 is 38.4. The molecule has 5 heteroatoms. The Morgan fingerprint density at radius 1 is 1.37 bits per heavy atom. The molecule has 0 aliphatic heterocycles. The van der Waals surface area contributed by atoms with E-state index in [-0.39, 0.29) is 12.1 Å². The first-order valence-corrected chi connectivity index (χ1v) is 6.47. The van der Waals surface area contributed by atoms with Crippen molar-refractivity contribution in [2.45, 2.75) is 38.5 Å². The third kappa shape index (κ3) is 3.03. The summed E-state index contributed by atoms with van der Waals surface area (Å²) in [5.74, 6) is 0.661. The van der Waals surface area contributed by atoms with Crippen LogP contribution in [0.4, 0.5) is 18.9 Å². The van der Waals surface area contributed by atoms with Gasteiger partial charge in [0, 0.05) is 25.3 Å². The lowest BCUT2D eigenvalue weighted by Gasteiger charge is -2.28. The van der Waals surface area contributed by atoms with Crippen LogP contribution < -0.4 is 10.6 Å². The average molecular weight is 272 g/mol. The fourth-order valence-electron chi connectivity index (χ4n) is 2.37. The van der Waals surface area contributed by atoms with Gasteiger partial charge in [-0.2, -0.15) is 13.2 Å². The molecule has 0 amide bonds. The Kier molecular flexibility index (Phi) is 3.76. The van der Waals surface area contributed by atoms with E-state index < -0.39 is 11.7 Å². The SMILES string of the molecule is CC(C1CC1)N(C)c1ccc(C(F)(F)F)c(CN)c1. The number of nitrogens with two attached hydrogens (primary N) is 1. The first-order chi connectivity index (χ1) is 8.84. The molecule has 1 aromatic rings. The Bertz CT molecular complexity index is 452. The zero-order chi connectivity index (χ0) is 14.2. The second-order valence-corrected chi connectivity index (χ2v) is 5.23. The Hall–Kier alpha value is -1.23. The van der Waals surface area contributed by atoms with Gasteiger partial charge in [0.25, 0.3) is 0 Å². The monoisotopic (exact) mass is 272 g/mol. The molecule has 1 saturated carbocycles. The lowest BCUT2D eigenvalue weighted by Crippen LogP contribution is -2.30. The van der Waals surface area contributed by atoms with Crippen LogP contribution in [0.2, 0.25) is 0 Å². The number of benzene rings is 1. The molecule has 106 valence electrons. The van der Waals surface area contributed by atoms with E-state index in [1.807, 2.05) is 11.9 Å². The molecule has 0 saturated heterocycles. The number of anilines is 1. The normalized spacial score (nSPS) is 17.4. The summed E-state index contributed by atoms with van der Waals surface area (Å²) in [4.78, 5) is 2.04. The van der Waals surface area contributed by atoms with Crippen LogP contribution in [0, 0.1) is 5.92 Å². The summed E-state index contributed by atoms with van der Waals surface area (Å²) in [7, 11) is 1.92. The minimum absolute atomic E-state index is 0.103. The molecule has 0 heterocycles. The molecule has 2 rings (SSSR count). The van der Waals surface area contributed by atoms with E-state index in [1.54, 1.807) is 6.07 Å². The Balaban J connectivity index is 2.28. The van der Waals surface area contributed by atoms with Gasteiger partial charge in [0.2, 0.25) is 0 Å². The van der Waals surface area contributed by atoms with Crippen molar-refractivity contribution in [3.63, 3.8) is 0 Å². The van der Waals surface area contributed by atoms with Crippen molar-refractivity contribution in [1.82, 2.24) is 0 Å². The van der Waals surface area contributed by atoms with Crippen LogP contribution in [-0.2, 0) is 12.7 Å². The van der Waals surface area contributed by atoms with Gasteiger partial charge in [-0.15, -0.1) is 0 Å². The molecular weight excluding hydrogens is 253 g/mol. The highest BCUT2D eigenvalue weighted by Gasteiger charge is 2.34. The van der Waals surface area contributed by atoms with Crippen molar-refractivity contribution in [3.8, 4) is 0 Å². The maximum atomic E-state index is 12.8. The molecule has 0 radical (unpaired) electrons. The maximum absolute atomic E-state index is 12.8. The van der Waals surface area contributed by atoms with Gasteiger partial charge in [-0.1, -0.05) is 0 Å². The summed E-state index contributed by atoms with van der Waals surface area (Å²) in [6.45, 7) is 2.01. The molecule has 19 heavy (non-hydrogen) atoms. The molecule has 2 nitrogen and oxygen atoms in total. The molecule has 0 aromatic heterocycles. The topological polar surface area (TPSA) is 29.3 Å². The lowest BCUT2D eigenvalue weighted by atomic mass is 10.0. The van der Waals surface area contributed by atoms with E-state index in [1.165, 1.54) is 18.9 Å². The summed E-state index contributed by atoms with van der Waals surface area (Å²) in [5.41, 5.74) is 5.76. The minimum Gasteiger partial charge on any atom is -0.372 e. The fraction of sp³-hybridized carbons (Fsp3) is 0.571. The van der Waals surface area contributed by atoms with E-state index in [2.05, 4.69) is 6.92 Å². The Morgan fingerprint density at radius 3 is 2.47 bits per heavy atom. The molecule has 1 aliphatic carbocycles. The van der Waals surface area contributed by atoms with Crippen LogP contribution in [0.5, 0.6) is 0 Å². The summed E-state index contributed by atoms with van der Waals surface area (Å²) in [6.07, 6.45) is -1.93. The number of hydrogen-bond acceptors (Lipinski definition) is 2. The standard InChI is InChI=1S/C14H19F3N2/c1-9(10-3-4-10)19(2)12-5-6-13(14(15,16)17)11(7-12)8-18/h5-7,9-10H,3-4,8,18H2,1-2H3. The van der Waals surface area contributed by atoms with Crippen LogP contribution in [0.3, 0.4) is 0 Å². The quantitative estimate of drug-likeness (QED) is 0.910. The van der Waals surface area contributed by atoms with Crippen LogP contribution in [0.1, 0.15) is 30.9 Å². The molecule has 1 unspecified atom stereocenters. The second kappa shape index (κ2) is 5.04. The Morgan fingerprint density at radius 2 is 2.00 bits per heavy atom. The summed E-state index contributed by atoms with van der Waals surface area (Å²) in [5, 5.41) is 0. The number of halogens is 3. The highest BCUT2D eigenvalue weighted by molar-refractivity contribution is 5.52. The van der Waals surface area contributed by atoms with Gasteiger partial charge in [0.05, 0.1) is 5.56 Å². The predicted molar refractivity (Wildman–Crippen MR) is 69.9 cm³/mol. The minimum atomic E-state index is -4.34. The van der Waals surface area contributed by atoms with Crippen molar-refractivity contribution in [2.75, 3.05) is 11.9 Å². The first-order valence-electron chi connectivity index (χ1n) is 6.47. The van der Waals surface area contributed by atoms with E-state index in [0.29, 0.717) is 12.0 Å². The van der Waals surface area contributed by atoms with Gasteiger partial charge < -0.3 is 10.6 Å². The van der Waals surface area contributed by atoms with E-state index in [9.17, 15) is 13.2 Å². The van der Waals surface area contributed by atoms with Crippen molar-refractivity contribution >= 4 is 5.69 Å². The predicted octanol–water partition coefficient (Wildman–Crippen LogP) is 3.40. The summed E-state index contributed by atoms with van der Waals surface area (Å²) >= 11 is 0. The van der Waals surface area contributed by atoms with E-state index in [0.717, 1.165) is 11.8 Å². The third-order valence-electron chi connectivity index (χ3n) is 3.94. The number of nitrogens with zero attached hydrogens (tertiary/aromatic N) is 1. The van der Waals surface area contributed by atoms with Crippen molar-refractivity contribution < 1.29 is 13.2 Å². The van der Waals surface area contributed by atoms with Crippen LogP contribution in [-0.4, -0.2) is 13.1 Å². The first kappa shape index (κ1) is 14.2. The molecular formula is C14H19F3N2. The van der Waals surface area contributed by atoms with Gasteiger partial charge in [-0.05, 0) is 49.4 Å². The maximum Gasteiger partial charge on any atom is 0.416 e. The van der Waals surface area contributed by atoms with Gasteiger partial charge in [0.1, 0.15) is 0 Å².